The van der Waals surface area contributed by atoms with Crippen LogP contribution in [0, 0.1) is 5.92 Å². The van der Waals surface area contributed by atoms with Gasteiger partial charge in [-0.3, -0.25) is 0 Å². The zero-order valence-corrected chi connectivity index (χ0v) is 6.42. The van der Waals surface area contributed by atoms with E-state index in [-0.39, 0.29) is 6.10 Å². The molecule has 0 amide bonds. The quantitative estimate of drug-likeness (QED) is 0.619. The summed E-state index contributed by atoms with van der Waals surface area (Å²) in [5.74, 6) is 0.352. The number of hydrogen-bond acceptors (Lipinski definition) is 2. The van der Waals surface area contributed by atoms with E-state index in [0.717, 1.165) is 13.0 Å². The Labute approximate surface area is 56.8 Å². The van der Waals surface area contributed by atoms with Crippen molar-refractivity contribution in [2.75, 3.05) is 13.7 Å². The average molecular weight is 132 g/mol. The lowest BCUT2D eigenvalue weighted by molar-refractivity contribution is 0.102. The maximum atomic E-state index is 8.99. The molecule has 2 nitrogen and oxygen atoms in total. The van der Waals surface area contributed by atoms with Crippen LogP contribution in [0.1, 0.15) is 20.3 Å². The van der Waals surface area contributed by atoms with Crippen LogP contribution in [0.2, 0.25) is 0 Å². The van der Waals surface area contributed by atoms with Gasteiger partial charge < -0.3 is 9.84 Å². The zero-order valence-electron chi connectivity index (χ0n) is 6.42. The molecule has 0 aliphatic carbocycles. The van der Waals surface area contributed by atoms with Crippen LogP contribution in [0.5, 0.6) is 0 Å². The highest BCUT2D eigenvalue weighted by atomic mass is 16.5. The van der Waals surface area contributed by atoms with Crippen molar-refractivity contribution >= 4 is 0 Å². The van der Waals surface area contributed by atoms with Gasteiger partial charge in [-0.2, -0.15) is 0 Å². The van der Waals surface area contributed by atoms with Crippen LogP contribution in [-0.4, -0.2) is 24.9 Å². The SMILES string of the molecule is COCC[C@@H](C)[C@@H](C)O. The Morgan fingerprint density at radius 3 is 2.33 bits per heavy atom. The molecular formula is C7H16O2. The van der Waals surface area contributed by atoms with Gasteiger partial charge in [-0.1, -0.05) is 6.92 Å². The predicted molar refractivity (Wildman–Crippen MR) is 37.3 cm³/mol. The molecule has 1 N–H and O–H groups in total. The van der Waals surface area contributed by atoms with Crippen LogP contribution in [0.25, 0.3) is 0 Å². The van der Waals surface area contributed by atoms with E-state index in [9.17, 15) is 0 Å². The summed E-state index contributed by atoms with van der Waals surface area (Å²) >= 11 is 0. The Morgan fingerprint density at radius 2 is 2.00 bits per heavy atom. The molecule has 0 bridgehead atoms. The average Bonchev–Trinajstić information content (AvgIpc) is 1.82. The summed E-state index contributed by atoms with van der Waals surface area (Å²) in [6, 6.07) is 0. The summed E-state index contributed by atoms with van der Waals surface area (Å²) in [5, 5.41) is 8.99. The van der Waals surface area contributed by atoms with E-state index in [4.69, 9.17) is 9.84 Å². The van der Waals surface area contributed by atoms with Crippen molar-refractivity contribution in [1.82, 2.24) is 0 Å². The Hall–Kier alpha value is -0.0800. The second kappa shape index (κ2) is 4.77. The van der Waals surface area contributed by atoms with Gasteiger partial charge in [0, 0.05) is 13.7 Å². The molecule has 0 aliphatic rings. The van der Waals surface area contributed by atoms with Crippen molar-refractivity contribution in [3.05, 3.63) is 0 Å². The third-order valence-corrected chi connectivity index (χ3v) is 1.60. The number of ether oxygens (including phenoxy) is 1. The Kier molecular flexibility index (Phi) is 4.72. The minimum Gasteiger partial charge on any atom is -0.393 e. The molecule has 2 heteroatoms. The van der Waals surface area contributed by atoms with E-state index in [1.807, 2.05) is 6.92 Å². The minimum absolute atomic E-state index is 0.208. The normalized spacial score (nSPS) is 17.3. The molecule has 0 heterocycles. The van der Waals surface area contributed by atoms with Gasteiger partial charge in [0.1, 0.15) is 0 Å². The first-order valence-electron chi connectivity index (χ1n) is 3.35. The van der Waals surface area contributed by atoms with Crippen molar-refractivity contribution in [2.24, 2.45) is 5.92 Å². The van der Waals surface area contributed by atoms with Crippen LogP contribution in [0.3, 0.4) is 0 Å². The topological polar surface area (TPSA) is 29.5 Å². The van der Waals surface area contributed by atoms with Crippen molar-refractivity contribution in [3.63, 3.8) is 0 Å². The molecule has 0 saturated heterocycles. The summed E-state index contributed by atoms with van der Waals surface area (Å²) in [7, 11) is 1.68. The van der Waals surface area contributed by atoms with Gasteiger partial charge in [0.15, 0.2) is 0 Å². The number of aliphatic hydroxyl groups is 1. The number of aliphatic hydroxyl groups excluding tert-OH is 1. The van der Waals surface area contributed by atoms with Gasteiger partial charge in [0.25, 0.3) is 0 Å². The highest BCUT2D eigenvalue weighted by Crippen LogP contribution is 2.06. The molecule has 0 aromatic rings. The van der Waals surface area contributed by atoms with Crippen molar-refractivity contribution < 1.29 is 9.84 Å². The van der Waals surface area contributed by atoms with E-state index in [2.05, 4.69) is 0 Å². The molecule has 0 aliphatic heterocycles. The molecule has 0 rings (SSSR count). The van der Waals surface area contributed by atoms with Crippen molar-refractivity contribution in [1.29, 1.82) is 0 Å². The molecule has 0 radical (unpaired) electrons. The van der Waals surface area contributed by atoms with Gasteiger partial charge in [-0.25, -0.2) is 0 Å². The molecule has 0 unspecified atom stereocenters. The van der Waals surface area contributed by atoms with Gasteiger partial charge in [-0.05, 0) is 19.3 Å². The van der Waals surface area contributed by atoms with E-state index < -0.39 is 0 Å². The third kappa shape index (κ3) is 4.43. The Morgan fingerprint density at radius 1 is 1.44 bits per heavy atom. The summed E-state index contributed by atoms with van der Waals surface area (Å²) in [6.07, 6.45) is 0.730. The molecule has 0 spiro atoms. The lowest BCUT2D eigenvalue weighted by Gasteiger charge is -2.12. The molecular weight excluding hydrogens is 116 g/mol. The third-order valence-electron chi connectivity index (χ3n) is 1.60. The predicted octanol–water partition coefficient (Wildman–Crippen LogP) is 1.04. The van der Waals surface area contributed by atoms with Crippen molar-refractivity contribution in [2.45, 2.75) is 26.4 Å². The molecule has 0 aromatic heterocycles. The molecule has 2 atom stereocenters. The van der Waals surface area contributed by atoms with E-state index in [0.29, 0.717) is 5.92 Å². The van der Waals surface area contributed by atoms with E-state index in [1.165, 1.54) is 0 Å². The van der Waals surface area contributed by atoms with Crippen LogP contribution in [0.4, 0.5) is 0 Å². The van der Waals surface area contributed by atoms with Gasteiger partial charge in [0.2, 0.25) is 0 Å². The van der Waals surface area contributed by atoms with Crippen LogP contribution in [-0.2, 0) is 4.74 Å². The number of rotatable bonds is 4. The summed E-state index contributed by atoms with van der Waals surface area (Å²) in [5.41, 5.74) is 0. The van der Waals surface area contributed by atoms with Gasteiger partial charge in [-0.15, -0.1) is 0 Å². The fraction of sp³-hybridized carbons (Fsp3) is 1.00. The second-order valence-corrected chi connectivity index (χ2v) is 2.50. The lowest BCUT2D eigenvalue weighted by Crippen LogP contribution is -2.14. The molecule has 0 saturated carbocycles. The minimum atomic E-state index is -0.208. The number of hydrogen-bond donors (Lipinski definition) is 1. The monoisotopic (exact) mass is 132 g/mol. The fourth-order valence-corrected chi connectivity index (χ4v) is 0.545. The summed E-state index contributed by atoms with van der Waals surface area (Å²) < 4.78 is 4.85. The zero-order chi connectivity index (χ0) is 7.28. The first-order chi connectivity index (χ1) is 4.18. The van der Waals surface area contributed by atoms with Gasteiger partial charge >= 0.3 is 0 Å². The van der Waals surface area contributed by atoms with Crippen LogP contribution >= 0.6 is 0 Å². The fourth-order valence-electron chi connectivity index (χ4n) is 0.545. The maximum absolute atomic E-state index is 8.99. The van der Waals surface area contributed by atoms with Crippen LogP contribution in [0.15, 0.2) is 0 Å². The van der Waals surface area contributed by atoms with Crippen LogP contribution < -0.4 is 0 Å². The standard InChI is InChI=1S/C7H16O2/c1-6(7(2)8)4-5-9-3/h6-8H,4-5H2,1-3H3/t6-,7-/m1/s1. The molecule has 56 valence electrons. The molecule has 9 heavy (non-hydrogen) atoms. The first-order valence-corrected chi connectivity index (χ1v) is 3.35. The summed E-state index contributed by atoms with van der Waals surface area (Å²) in [6.45, 7) is 4.57. The number of methoxy groups -OCH3 is 1. The molecule has 0 fully saturated rings. The first kappa shape index (κ1) is 8.92. The maximum Gasteiger partial charge on any atom is 0.0538 e. The van der Waals surface area contributed by atoms with Crippen molar-refractivity contribution in [3.8, 4) is 0 Å². The highest BCUT2D eigenvalue weighted by molar-refractivity contribution is 4.57. The molecule has 0 aromatic carbocycles. The Bertz CT molecular complexity index is 61.9. The smallest absolute Gasteiger partial charge is 0.0538 e. The van der Waals surface area contributed by atoms with E-state index >= 15 is 0 Å². The van der Waals surface area contributed by atoms with E-state index in [1.54, 1.807) is 14.0 Å². The lowest BCUT2D eigenvalue weighted by atomic mass is 10.0. The Balaban J connectivity index is 3.16. The summed E-state index contributed by atoms with van der Waals surface area (Å²) in [4.78, 5) is 0. The largest absolute Gasteiger partial charge is 0.393 e. The van der Waals surface area contributed by atoms with Gasteiger partial charge in [0.05, 0.1) is 6.10 Å². The second-order valence-electron chi connectivity index (χ2n) is 2.50. The highest BCUT2D eigenvalue weighted by Gasteiger charge is 2.06.